The summed E-state index contributed by atoms with van der Waals surface area (Å²) in [5, 5.41) is 2.25. The molecule has 0 atom stereocenters. The van der Waals surface area contributed by atoms with Crippen LogP contribution < -0.4 is 4.90 Å². The van der Waals surface area contributed by atoms with E-state index in [4.69, 9.17) is 4.42 Å². The van der Waals surface area contributed by atoms with Crippen molar-refractivity contribution in [1.82, 2.24) is 0 Å². The van der Waals surface area contributed by atoms with Crippen LogP contribution in [0.1, 0.15) is 25.0 Å². The van der Waals surface area contributed by atoms with Crippen LogP contribution in [0.15, 0.2) is 192 Å². The van der Waals surface area contributed by atoms with E-state index in [-0.39, 0.29) is 5.41 Å². The summed E-state index contributed by atoms with van der Waals surface area (Å²) in [6.45, 7) is 4.70. The van der Waals surface area contributed by atoms with Crippen LogP contribution in [-0.2, 0) is 5.41 Å². The highest BCUT2D eigenvalue weighted by molar-refractivity contribution is 6.10. The van der Waals surface area contributed by atoms with Crippen LogP contribution in [-0.4, -0.2) is 0 Å². The molecule has 0 radical (unpaired) electrons. The number of anilines is 3. The molecule has 9 aromatic rings. The van der Waals surface area contributed by atoms with Crippen molar-refractivity contribution in [2.45, 2.75) is 19.3 Å². The van der Waals surface area contributed by atoms with Gasteiger partial charge in [0.2, 0.25) is 0 Å². The third-order valence-corrected chi connectivity index (χ3v) is 11.1. The number of fused-ring (bicyclic) bond motifs is 6. The van der Waals surface area contributed by atoms with Crippen LogP contribution >= 0.6 is 0 Å². The van der Waals surface area contributed by atoms with Gasteiger partial charge in [-0.3, -0.25) is 0 Å². The maximum absolute atomic E-state index is 6.60. The Labute approximate surface area is 310 Å². The molecule has 1 aromatic heterocycles. The van der Waals surface area contributed by atoms with E-state index >= 15 is 0 Å². The van der Waals surface area contributed by atoms with Crippen molar-refractivity contribution in [3.05, 3.63) is 199 Å². The zero-order valence-electron chi connectivity index (χ0n) is 29.8. The van der Waals surface area contributed by atoms with E-state index in [0.717, 1.165) is 50.1 Å². The Balaban J connectivity index is 1.27. The van der Waals surface area contributed by atoms with E-state index in [1.54, 1.807) is 0 Å². The Morgan fingerprint density at radius 1 is 0.415 bits per heavy atom. The van der Waals surface area contributed by atoms with Gasteiger partial charge in [0.05, 0.1) is 5.69 Å². The van der Waals surface area contributed by atoms with Crippen LogP contribution in [0.2, 0.25) is 0 Å². The first-order valence-corrected chi connectivity index (χ1v) is 18.4. The molecule has 0 amide bonds. The summed E-state index contributed by atoms with van der Waals surface area (Å²) in [7, 11) is 0. The van der Waals surface area contributed by atoms with Gasteiger partial charge in [0.25, 0.3) is 0 Å². The molecule has 0 bridgehead atoms. The summed E-state index contributed by atoms with van der Waals surface area (Å²) in [5.74, 6) is 0. The van der Waals surface area contributed by atoms with Crippen LogP contribution in [0.5, 0.6) is 0 Å². The SMILES string of the molecule is CC1(C)c2ccccc2-c2c(-c3ccc(-c4cccc5c4oc4ccccc45)cc3N(c3ccccc3)c3cccc(-c4ccccc4)c3)cccc21. The Bertz CT molecular complexity index is 2810. The highest BCUT2D eigenvalue weighted by Gasteiger charge is 2.37. The predicted molar refractivity (Wildman–Crippen MR) is 222 cm³/mol. The largest absolute Gasteiger partial charge is 0.455 e. The van der Waals surface area contributed by atoms with Crippen molar-refractivity contribution in [3.8, 4) is 44.5 Å². The lowest BCUT2D eigenvalue weighted by Gasteiger charge is -2.29. The number of furan rings is 1. The lowest BCUT2D eigenvalue weighted by Crippen LogP contribution is -2.15. The van der Waals surface area contributed by atoms with Gasteiger partial charge in [-0.25, -0.2) is 0 Å². The van der Waals surface area contributed by atoms with Crippen molar-refractivity contribution in [2.75, 3.05) is 4.90 Å². The van der Waals surface area contributed by atoms with E-state index in [1.807, 2.05) is 6.07 Å². The number of rotatable bonds is 6. The molecule has 1 heterocycles. The third-order valence-electron chi connectivity index (χ3n) is 11.1. The molecule has 0 saturated heterocycles. The maximum Gasteiger partial charge on any atom is 0.143 e. The summed E-state index contributed by atoms with van der Waals surface area (Å²) in [4.78, 5) is 2.43. The van der Waals surface area contributed by atoms with Gasteiger partial charge in [0.1, 0.15) is 11.2 Å². The first-order valence-electron chi connectivity index (χ1n) is 18.4. The molecule has 1 aliphatic rings. The van der Waals surface area contributed by atoms with Crippen molar-refractivity contribution in [2.24, 2.45) is 0 Å². The second-order valence-corrected chi connectivity index (χ2v) is 14.5. The third kappa shape index (κ3) is 5.02. The second kappa shape index (κ2) is 12.3. The molecule has 252 valence electrons. The minimum Gasteiger partial charge on any atom is -0.455 e. The average Bonchev–Trinajstić information content (AvgIpc) is 3.71. The number of nitrogens with zero attached hydrogens (tertiary/aromatic N) is 1. The summed E-state index contributed by atoms with van der Waals surface area (Å²) < 4.78 is 6.60. The standard InChI is InChI=1S/C51H37NO/c1-51(2)45-27-11-9-23-44(45)49-42(25-15-28-46(49)51)40-31-30-36(39-24-14-26-43-41-22-10-12-29-48(41)53-50(39)43)33-47(40)52(37-19-7-4-8-20-37)38-21-13-18-35(32-38)34-16-5-3-6-17-34/h3-33H,1-2H3. The van der Waals surface area contributed by atoms with Gasteiger partial charge >= 0.3 is 0 Å². The molecule has 53 heavy (non-hydrogen) atoms. The lowest BCUT2D eigenvalue weighted by atomic mass is 9.82. The van der Waals surface area contributed by atoms with E-state index in [1.165, 1.54) is 44.5 Å². The first-order chi connectivity index (χ1) is 26.1. The molecule has 0 fully saturated rings. The van der Waals surface area contributed by atoms with Crippen LogP contribution in [0.3, 0.4) is 0 Å². The van der Waals surface area contributed by atoms with Crippen molar-refractivity contribution >= 4 is 39.0 Å². The number of para-hydroxylation sites is 3. The molecule has 0 unspecified atom stereocenters. The zero-order valence-corrected chi connectivity index (χ0v) is 29.8. The fourth-order valence-corrected chi connectivity index (χ4v) is 8.52. The van der Waals surface area contributed by atoms with E-state index < -0.39 is 0 Å². The molecular formula is C51H37NO. The Morgan fingerprint density at radius 2 is 1.04 bits per heavy atom. The molecule has 2 nitrogen and oxygen atoms in total. The highest BCUT2D eigenvalue weighted by atomic mass is 16.3. The first kappa shape index (κ1) is 31.1. The monoisotopic (exact) mass is 679 g/mol. The molecule has 0 N–H and O–H groups in total. The molecule has 1 aliphatic carbocycles. The minimum atomic E-state index is -0.109. The minimum absolute atomic E-state index is 0.109. The molecule has 0 aliphatic heterocycles. The van der Waals surface area contributed by atoms with Gasteiger partial charge in [0.15, 0.2) is 0 Å². The number of benzene rings is 8. The van der Waals surface area contributed by atoms with Crippen LogP contribution in [0.25, 0.3) is 66.4 Å². The Hall–Kier alpha value is -6.64. The summed E-state index contributed by atoms with van der Waals surface area (Å²) in [6.07, 6.45) is 0. The fraction of sp³-hybridized carbons (Fsp3) is 0.0588. The maximum atomic E-state index is 6.60. The second-order valence-electron chi connectivity index (χ2n) is 14.5. The topological polar surface area (TPSA) is 16.4 Å². The zero-order chi connectivity index (χ0) is 35.5. The van der Waals surface area contributed by atoms with Gasteiger partial charge < -0.3 is 9.32 Å². The predicted octanol–water partition coefficient (Wildman–Crippen LogP) is 14.4. The highest BCUT2D eigenvalue weighted by Crippen LogP contribution is 2.54. The van der Waals surface area contributed by atoms with Gasteiger partial charge in [-0.1, -0.05) is 166 Å². The Morgan fingerprint density at radius 3 is 1.91 bits per heavy atom. The molecule has 0 saturated carbocycles. The lowest BCUT2D eigenvalue weighted by molar-refractivity contribution is 0.660. The van der Waals surface area contributed by atoms with Gasteiger partial charge in [-0.15, -0.1) is 0 Å². The van der Waals surface area contributed by atoms with Gasteiger partial charge in [-0.05, 0) is 80.9 Å². The van der Waals surface area contributed by atoms with E-state index in [2.05, 4.69) is 201 Å². The molecule has 2 heteroatoms. The van der Waals surface area contributed by atoms with E-state index in [9.17, 15) is 0 Å². The summed E-state index contributed by atoms with van der Waals surface area (Å²) in [6, 6.07) is 67.9. The van der Waals surface area contributed by atoms with E-state index in [0.29, 0.717) is 0 Å². The van der Waals surface area contributed by atoms with Crippen molar-refractivity contribution in [1.29, 1.82) is 0 Å². The molecule has 0 spiro atoms. The van der Waals surface area contributed by atoms with Crippen LogP contribution in [0, 0.1) is 0 Å². The number of hydrogen-bond acceptors (Lipinski definition) is 2. The smallest absolute Gasteiger partial charge is 0.143 e. The van der Waals surface area contributed by atoms with Gasteiger partial charge in [-0.2, -0.15) is 0 Å². The van der Waals surface area contributed by atoms with Crippen molar-refractivity contribution in [3.63, 3.8) is 0 Å². The number of hydrogen-bond donors (Lipinski definition) is 0. The van der Waals surface area contributed by atoms with Crippen LogP contribution in [0.4, 0.5) is 17.1 Å². The normalized spacial score (nSPS) is 12.9. The molecule has 8 aromatic carbocycles. The quantitative estimate of drug-likeness (QED) is 0.174. The average molecular weight is 680 g/mol. The summed E-state index contributed by atoms with van der Waals surface area (Å²) >= 11 is 0. The molecular weight excluding hydrogens is 643 g/mol. The van der Waals surface area contributed by atoms with Crippen molar-refractivity contribution < 1.29 is 4.42 Å². The fourth-order valence-electron chi connectivity index (χ4n) is 8.52. The molecule has 10 rings (SSSR count). The Kier molecular flexibility index (Phi) is 7.19. The summed E-state index contributed by atoms with van der Waals surface area (Å²) in [5.41, 5.74) is 17.2. The van der Waals surface area contributed by atoms with Gasteiger partial charge in [0, 0.05) is 38.7 Å².